The fourth-order valence-electron chi connectivity index (χ4n) is 1.76. The van der Waals surface area contributed by atoms with E-state index in [1.807, 2.05) is 0 Å². The van der Waals surface area contributed by atoms with Crippen LogP contribution >= 0.6 is 22.9 Å². The monoisotopic (exact) mass is 324 g/mol. The molecule has 1 aromatic heterocycles. The van der Waals surface area contributed by atoms with Crippen LogP contribution in [0.15, 0.2) is 29.6 Å². The summed E-state index contributed by atoms with van der Waals surface area (Å²) in [6, 6.07) is 2.81. The summed E-state index contributed by atoms with van der Waals surface area (Å²) in [6.07, 6.45) is -4.55. The van der Waals surface area contributed by atoms with E-state index in [4.69, 9.17) is 17.4 Å². The minimum absolute atomic E-state index is 0.202. The molecule has 0 radical (unpaired) electrons. The Balaban J connectivity index is 2.52. The second kappa shape index (κ2) is 5.69. The zero-order chi connectivity index (χ0) is 14.9. The van der Waals surface area contributed by atoms with Gasteiger partial charge in [-0.3, -0.25) is 5.84 Å². The molecule has 108 valence electrons. The molecule has 2 rings (SSSR count). The molecule has 0 aliphatic carbocycles. The highest BCUT2D eigenvalue weighted by Gasteiger charge is 2.32. The predicted molar refractivity (Wildman–Crippen MR) is 69.9 cm³/mol. The first-order valence-corrected chi connectivity index (χ1v) is 6.66. The summed E-state index contributed by atoms with van der Waals surface area (Å²) in [6.45, 7) is 0. The van der Waals surface area contributed by atoms with Gasteiger partial charge in [0.2, 0.25) is 0 Å². The fourth-order valence-corrected chi connectivity index (χ4v) is 3.00. The van der Waals surface area contributed by atoms with E-state index >= 15 is 0 Å². The van der Waals surface area contributed by atoms with E-state index < -0.39 is 23.6 Å². The van der Waals surface area contributed by atoms with Crippen molar-refractivity contribution in [2.45, 2.75) is 12.2 Å². The van der Waals surface area contributed by atoms with Crippen LogP contribution in [0.25, 0.3) is 0 Å². The average Bonchev–Trinajstić information content (AvgIpc) is 2.78. The number of hydrogen-bond acceptors (Lipinski definition) is 3. The molecule has 1 unspecified atom stereocenters. The number of halogens is 5. The molecule has 0 aliphatic heterocycles. The maximum Gasteiger partial charge on any atom is 0.416 e. The number of benzene rings is 1. The quantitative estimate of drug-likeness (QED) is 0.506. The van der Waals surface area contributed by atoms with E-state index in [1.54, 1.807) is 11.4 Å². The van der Waals surface area contributed by atoms with Crippen molar-refractivity contribution < 1.29 is 17.6 Å². The molecule has 2 aromatic rings. The van der Waals surface area contributed by atoms with Crippen LogP contribution in [0, 0.1) is 5.82 Å². The Bertz CT molecular complexity index is 612. The number of hydrazine groups is 1. The van der Waals surface area contributed by atoms with Gasteiger partial charge in [0.15, 0.2) is 0 Å². The SMILES string of the molecule is NNC(c1cc(C(F)(F)F)ccc1F)c1sccc1Cl. The third kappa shape index (κ3) is 2.95. The van der Waals surface area contributed by atoms with E-state index in [0.717, 1.165) is 12.1 Å². The lowest BCUT2D eigenvalue weighted by atomic mass is 10.0. The highest BCUT2D eigenvalue weighted by atomic mass is 35.5. The maximum absolute atomic E-state index is 13.8. The Morgan fingerprint density at radius 1 is 1.25 bits per heavy atom. The molecule has 1 heterocycles. The molecule has 1 atom stereocenters. The van der Waals surface area contributed by atoms with Crippen molar-refractivity contribution in [3.63, 3.8) is 0 Å². The lowest BCUT2D eigenvalue weighted by Gasteiger charge is -2.18. The predicted octanol–water partition coefficient (Wildman–Crippen LogP) is 4.11. The van der Waals surface area contributed by atoms with Crippen LogP contribution in [0.1, 0.15) is 22.0 Å². The summed E-state index contributed by atoms with van der Waals surface area (Å²) >= 11 is 7.09. The van der Waals surface area contributed by atoms with E-state index in [1.165, 1.54) is 11.3 Å². The van der Waals surface area contributed by atoms with Gasteiger partial charge in [0.1, 0.15) is 5.82 Å². The van der Waals surface area contributed by atoms with E-state index in [2.05, 4.69) is 5.43 Å². The Hall–Kier alpha value is -1.15. The van der Waals surface area contributed by atoms with Gasteiger partial charge in [0, 0.05) is 10.4 Å². The van der Waals surface area contributed by atoms with Gasteiger partial charge in [0.05, 0.1) is 16.6 Å². The Morgan fingerprint density at radius 3 is 2.45 bits per heavy atom. The summed E-state index contributed by atoms with van der Waals surface area (Å²) in [4.78, 5) is 0.451. The molecule has 8 heteroatoms. The van der Waals surface area contributed by atoms with Gasteiger partial charge in [-0.25, -0.2) is 9.82 Å². The number of thiophene rings is 1. The third-order valence-corrected chi connectivity index (χ3v) is 4.13. The van der Waals surface area contributed by atoms with Crippen LogP contribution in [0.4, 0.5) is 17.6 Å². The third-order valence-electron chi connectivity index (χ3n) is 2.71. The van der Waals surface area contributed by atoms with Crippen molar-refractivity contribution in [3.8, 4) is 0 Å². The summed E-state index contributed by atoms with van der Waals surface area (Å²) in [7, 11) is 0. The van der Waals surface area contributed by atoms with Gasteiger partial charge in [-0.1, -0.05) is 11.6 Å². The van der Waals surface area contributed by atoms with Gasteiger partial charge < -0.3 is 0 Å². The number of alkyl halides is 3. The van der Waals surface area contributed by atoms with Crippen molar-refractivity contribution in [1.82, 2.24) is 5.43 Å². The smallest absolute Gasteiger partial charge is 0.271 e. The summed E-state index contributed by atoms with van der Waals surface area (Å²) in [5.41, 5.74) is 1.15. The number of rotatable bonds is 3. The Morgan fingerprint density at radius 2 is 1.95 bits per heavy atom. The van der Waals surface area contributed by atoms with Crippen LogP contribution in [0.3, 0.4) is 0 Å². The topological polar surface area (TPSA) is 38.0 Å². The molecule has 0 spiro atoms. The molecule has 0 fully saturated rings. The van der Waals surface area contributed by atoms with Crippen LogP contribution in [0.5, 0.6) is 0 Å². The number of nitrogens with one attached hydrogen (secondary N) is 1. The highest BCUT2D eigenvalue weighted by Crippen LogP contribution is 2.36. The molecular formula is C12H9ClF4N2S. The first-order valence-electron chi connectivity index (χ1n) is 5.40. The standard InChI is InChI=1S/C12H9ClF4N2S/c13-8-3-4-20-11(8)10(19-18)7-5-6(12(15,16)17)1-2-9(7)14/h1-5,10,19H,18H2. The lowest BCUT2D eigenvalue weighted by molar-refractivity contribution is -0.137. The molecular weight excluding hydrogens is 316 g/mol. The van der Waals surface area contributed by atoms with Crippen molar-refractivity contribution in [2.24, 2.45) is 5.84 Å². The molecule has 20 heavy (non-hydrogen) atoms. The molecule has 1 aromatic carbocycles. The zero-order valence-electron chi connectivity index (χ0n) is 9.84. The molecule has 3 N–H and O–H groups in total. The molecule has 0 saturated carbocycles. The van der Waals surface area contributed by atoms with Crippen LogP contribution in [-0.4, -0.2) is 0 Å². The lowest BCUT2D eigenvalue weighted by Crippen LogP contribution is -2.29. The van der Waals surface area contributed by atoms with Crippen LogP contribution in [-0.2, 0) is 6.18 Å². The summed E-state index contributed by atoms with van der Waals surface area (Å²) in [5, 5.41) is 1.96. The summed E-state index contributed by atoms with van der Waals surface area (Å²) in [5.74, 6) is 4.56. The number of hydrogen-bond donors (Lipinski definition) is 2. The van der Waals surface area contributed by atoms with E-state index in [0.29, 0.717) is 16.0 Å². The van der Waals surface area contributed by atoms with Crippen LogP contribution < -0.4 is 11.3 Å². The largest absolute Gasteiger partial charge is 0.416 e. The summed E-state index contributed by atoms with van der Waals surface area (Å²) < 4.78 is 51.9. The minimum atomic E-state index is -4.55. The van der Waals surface area contributed by atoms with Crippen LogP contribution in [0.2, 0.25) is 5.02 Å². The second-order valence-corrected chi connectivity index (χ2v) is 5.32. The normalized spacial score (nSPS) is 13.5. The molecule has 0 bridgehead atoms. The molecule has 2 nitrogen and oxygen atoms in total. The fraction of sp³-hybridized carbons (Fsp3) is 0.167. The molecule has 0 saturated heterocycles. The van der Waals surface area contributed by atoms with Gasteiger partial charge >= 0.3 is 6.18 Å². The van der Waals surface area contributed by atoms with Crippen molar-refractivity contribution in [1.29, 1.82) is 0 Å². The Labute approximate surface area is 121 Å². The molecule has 0 amide bonds. The van der Waals surface area contributed by atoms with Gasteiger partial charge in [0.25, 0.3) is 0 Å². The van der Waals surface area contributed by atoms with Crippen molar-refractivity contribution >= 4 is 22.9 Å². The second-order valence-electron chi connectivity index (χ2n) is 3.97. The van der Waals surface area contributed by atoms with Crippen molar-refractivity contribution in [2.75, 3.05) is 0 Å². The Kier molecular flexibility index (Phi) is 4.33. The van der Waals surface area contributed by atoms with Gasteiger partial charge in [-0.15, -0.1) is 11.3 Å². The highest BCUT2D eigenvalue weighted by molar-refractivity contribution is 7.10. The number of nitrogens with two attached hydrogens (primary N) is 1. The minimum Gasteiger partial charge on any atom is -0.271 e. The first kappa shape index (κ1) is 15.2. The molecule has 0 aliphatic rings. The van der Waals surface area contributed by atoms with E-state index in [-0.39, 0.29) is 5.56 Å². The maximum atomic E-state index is 13.8. The van der Waals surface area contributed by atoms with Gasteiger partial charge in [-0.2, -0.15) is 13.2 Å². The van der Waals surface area contributed by atoms with E-state index in [9.17, 15) is 17.6 Å². The first-order chi connectivity index (χ1) is 9.34. The zero-order valence-corrected chi connectivity index (χ0v) is 11.4. The van der Waals surface area contributed by atoms with Gasteiger partial charge in [-0.05, 0) is 29.6 Å². The van der Waals surface area contributed by atoms with Crippen molar-refractivity contribution in [3.05, 3.63) is 56.5 Å². The average molecular weight is 325 g/mol.